The van der Waals surface area contributed by atoms with Crippen LogP contribution in [0.3, 0.4) is 0 Å². The van der Waals surface area contributed by atoms with Gasteiger partial charge in [0.2, 0.25) is 11.7 Å². The van der Waals surface area contributed by atoms with E-state index in [4.69, 9.17) is 19.2 Å². The lowest BCUT2D eigenvalue weighted by atomic mass is 10.0. The zero-order valence-corrected chi connectivity index (χ0v) is 18.9. The maximum Gasteiger partial charge on any atom is 0.254 e. The Labute approximate surface area is 187 Å². The summed E-state index contributed by atoms with van der Waals surface area (Å²) in [7, 11) is 6.22. The average molecular weight is 437 g/mol. The molecule has 0 aliphatic carbocycles. The van der Waals surface area contributed by atoms with Crippen molar-refractivity contribution in [3.8, 4) is 28.5 Å². The summed E-state index contributed by atoms with van der Waals surface area (Å²) < 4.78 is 16.3. The van der Waals surface area contributed by atoms with Crippen LogP contribution in [-0.4, -0.2) is 63.2 Å². The number of nitrogens with zero attached hydrogens (tertiary/aromatic N) is 2. The highest BCUT2D eigenvalue weighted by Gasteiger charge is 2.21. The highest BCUT2D eigenvalue weighted by Crippen LogP contribution is 2.41. The average Bonchev–Trinajstić information content (AvgIpc) is 2.81. The number of carbonyl (C=O) groups is 2. The number of amides is 2. The molecule has 3 rings (SSSR count). The van der Waals surface area contributed by atoms with Gasteiger partial charge in [-0.3, -0.25) is 9.59 Å². The van der Waals surface area contributed by atoms with Crippen LogP contribution in [0.2, 0.25) is 0 Å². The van der Waals surface area contributed by atoms with E-state index in [1.54, 1.807) is 39.5 Å². The Morgan fingerprint density at radius 3 is 2.25 bits per heavy atom. The summed E-state index contributed by atoms with van der Waals surface area (Å²) in [5.41, 5.74) is 2.38. The van der Waals surface area contributed by atoms with Crippen LogP contribution in [0.5, 0.6) is 17.2 Å². The summed E-state index contributed by atoms with van der Waals surface area (Å²) in [6.07, 6.45) is 0. The monoisotopic (exact) mass is 437 g/mol. The first-order valence-corrected chi connectivity index (χ1v) is 10.2. The van der Waals surface area contributed by atoms with Gasteiger partial charge < -0.3 is 24.4 Å². The molecule has 0 aliphatic rings. The van der Waals surface area contributed by atoms with Gasteiger partial charge in [-0.25, -0.2) is 4.98 Å². The molecule has 2 amide bonds. The third-order valence-electron chi connectivity index (χ3n) is 5.01. The summed E-state index contributed by atoms with van der Waals surface area (Å²) in [5.74, 6) is 0.948. The number of para-hydroxylation sites is 1. The number of rotatable bonds is 8. The molecule has 8 nitrogen and oxygen atoms in total. The van der Waals surface area contributed by atoms with E-state index < -0.39 is 0 Å². The van der Waals surface area contributed by atoms with Crippen molar-refractivity contribution in [2.24, 2.45) is 0 Å². The largest absolute Gasteiger partial charge is 0.493 e. The van der Waals surface area contributed by atoms with Crippen LogP contribution < -0.4 is 19.5 Å². The predicted octanol–water partition coefficient (Wildman–Crippen LogP) is 3.14. The Morgan fingerprint density at radius 2 is 1.66 bits per heavy atom. The molecule has 8 heteroatoms. The highest BCUT2D eigenvalue weighted by atomic mass is 16.5. The molecule has 1 aromatic heterocycles. The molecule has 0 atom stereocenters. The molecule has 3 aromatic rings. The fraction of sp³-hybridized carbons (Fsp3) is 0.292. The molecule has 0 aliphatic heterocycles. The van der Waals surface area contributed by atoms with Crippen LogP contribution in [0.15, 0.2) is 42.5 Å². The van der Waals surface area contributed by atoms with Gasteiger partial charge in [0.25, 0.3) is 5.91 Å². The minimum Gasteiger partial charge on any atom is -0.493 e. The number of fused-ring (bicyclic) bond motifs is 1. The van der Waals surface area contributed by atoms with Crippen LogP contribution in [0.25, 0.3) is 22.2 Å². The molecule has 1 heterocycles. The maximum absolute atomic E-state index is 13.3. The van der Waals surface area contributed by atoms with Crippen molar-refractivity contribution >= 4 is 22.7 Å². The lowest BCUT2D eigenvalue weighted by molar-refractivity contribution is -0.121. The number of pyridine rings is 1. The second kappa shape index (κ2) is 10.00. The molecule has 0 spiro atoms. The Morgan fingerprint density at radius 1 is 1.00 bits per heavy atom. The smallest absolute Gasteiger partial charge is 0.254 e. The van der Waals surface area contributed by atoms with E-state index in [2.05, 4.69) is 5.32 Å². The molecule has 0 radical (unpaired) electrons. The first kappa shape index (κ1) is 22.9. The van der Waals surface area contributed by atoms with E-state index in [0.29, 0.717) is 51.5 Å². The van der Waals surface area contributed by atoms with Gasteiger partial charge in [0.15, 0.2) is 11.5 Å². The van der Waals surface area contributed by atoms with Gasteiger partial charge in [-0.15, -0.1) is 0 Å². The summed E-state index contributed by atoms with van der Waals surface area (Å²) in [4.78, 5) is 31.4. The summed E-state index contributed by atoms with van der Waals surface area (Å²) >= 11 is 0. The quantitative estimate of drug-likeness (QED) is 0.582. The fourth-order valence-electron chi connectivity index (χ4n) is 3.48. The lowest BCUT2D eigenvalue weighted by Crippen LogP contribution is -2.38. The van der Waals surface area contributed by atoms with Crippen LogP contribution in [0.1, 0.15) is 17.3 Å². The molecule has 0 bridgehead atoms. The van der Waals surface area contributed by atoms with Gasteiger partial charge in [-0.2, -0.15) is 0 Å². The normalized spacial score (nSPS) is 10.5. The fourth-order valence-corrected chi connectivity index (χ4v) is 3.48. The van der Waals surface area contributed by atoms with Crippen LogP contribution in [-0.2, 0) is 4.79 Å². The van der Waals surface area contributed by atoms with Gasteiger partial charge in [0.05, 0.1) is 44.6 Å². The third kappa shape index (κ3) is 4.59. The highest BCUT2D eigenvalue weighted by molar-refractivity contribution is 6.08. The minimum absolute atomic E-state index is 0.0389. The molecule has 2 aromatic carbocycles. The molecule has 32 heavy (non-hydrogen) atoms. The second-order valence-corrected chi connectivity index (χ2v) is 7.10. The number of aromatic nitrogens is 1. The molecule has 0 unspecified atom stereocenters. The zero-order valence-electron chi connectivity index (χ0n) is 18.9. The number of benzene rings is 2. The van der Waals surface area contributed by atoms with Crippen LogP contribution >= 0.6 is 0 Å². The number of hydrogen-bond donors (Lipinski definition) is 1. The number of likely N-dealkylation sites (N-methyl/N-ethyl adjacent to an activating group) is 2. The standard InChI is InChI=1S/C24H27N3O5/c1-6-25-22(28)14-27(2)24(29)17-13-19(26-18-10-8-7-9-16(17)18)15-11-20(30-3)23(32-5)21(12-15)31-4/h7-13H,6,14H2,1-5H3,(H,25,28). The van der Waals surface area contributed by atoms with Gasteiger partial charge in [-0.1, -0.05) is 18.2 Å². The van der Waals surface area contributed by atoms with Gasteiger partial charge in [0, 0.05) is 24.5 Å². The SMILES string of the molecule is CCNC(=O)CN(C)C(=O)c1cc(-c2cc(OC)c(OC)c(OC)c2)nc2ccccc12. The predicted molar refractivity (Wildman–Crippen MR) is 122 cm³/mol. The molecule has 168 valence electrons. The molecule has 0 fully saturated rings. The number of nitrogens with one attached hydrogen (secondary N) is 1. The summed E-state index contributed by atoms with van der Waals surface area (Å²) in [6.45, 7) is 2.30. The summed E-state index contributed by atoms with van der Waals surface area (Å²) in [6, 6.07) is 12.7. The van der Waals surface area contributed by atoms with Crippen LogP contribution in [0, 0.1) is 0 Å². The third-order valence-corrected chi connectivity index (χ3v) is 5.01. The van der Waals surface area contributed by atoms with E-state index in [1.165, 1.54) is 12.0 Å². The first-order chi connectivity index (χ1) is 15.4. The van der Waals surface area contributed by atoms with Gasteiger partial charge >= 0.3 is 0 Å². The molecule has 1 N–H and O–H groups in total. The minimum atomic E-state index is -0.274. The van der Waals surface area contributed by atoms with Crippen molar-refractivity contribution in [1.29, 1.82) is 0 Å². The Balaban J connectivity index is 2.13. The maximum atomic E-state index is 13.3. The topological polar surface area (TPSA) is 90.0 Å². The van der Waals surface area contributed by atoms with Crippen molar-refractivity contribution in [2.45, 2.75) is 6.92 Å². The van der Waals surface area contributed by atoms with E-state index in [9.17, 15) is 9.59 Å². The van der Waals surface area contributed by atoms with Crippen molar-refractivity contribution < 1.29 is 23.8 Å². The van der Waals surface area contributed by atoms with Crippen molar-refractivity contribution in [3.05, 3.63) is 48.0 Å². The second-order valence-electron chi connectivity index (χ2n) is 7.10. The molecule has 0 saturated carbocycles. The van der Waals surface area contributed by atoms with E-state index in [1.807, 2.05) is 31.2 Å². The number of methoxy groups -OCH3 is 3. The van der Waals surface area contributed by atoms with Crippen molar-refractivity contribution in [2.75, 3.05) is 41.5 Å². The van der Waals surface area contributed by atoms with Gasteiger partial charge in [-0.05, 0) is 31.2 Å². The summed E-state index contributed by atoms with van der Waals surface area (Å²) in [5, 5.41) is 3.41. The molecular weight excluding hydrogens is 410 g/mol. The van der Waals surface area contributed by atoms with Gasteiger partial charge in [0.1, 0.15) is 0 Å². The van der Waals surface area contributed by atoms with Crippen molar-refractivity contribution in [1.82, 2.24) is 15.2 Å². The Kier molecular flexibility index (Phi) is 7.14. The first-order valence-electron chi connectivity index (χ1n) is 10.2. The van der Waals surface area contributed by atoms with Crippen LogP contribution in [0.4, 0.5) is 0 Å². The molecular formula is C24H27N3O5. The number of carbonyl (C=O) groups excluding carboxylic acids is 2. The van der Waals surface area contributed by atoms with Crippen molar-refractivity contribution in [3.63, 3.8) is 0 Å². The van der Waals surface area contributed by atoms with E-state index in [-0.39, 0.29) is 18.4 Å². The lowest BCUT2D eigenvalue weighted by Gasteiger charge is -2.19. The van der Waals surface area contributed by atoms with E-state index >= 15 is 0 Å². The van der Waals surface area contributed by atoms with E-state index in [0.717, 1.165) is 0 Å². The number of hydrogen-bond acceptors (Lipinski definition) is 6. The zero-order chi connectivity index (χ0) is 23.3. The Bertz CT molecular complexity index is 1120. The molecule has 0 saturated heterocycles. The Hall–Kier alpha value is -3.81. The number of ether oxygens (including phenoxy) is 3.